The minimum atomic E-state index is -0.511. The number of carbonyl (C=O) groups is 1. The molecule has 1 aliphatic rings. The Labute approximate surface area is 170 Å². The van der Waals surface area contributed by atoms with E-state index < -0.39 is 5.91 Å². The van der Waals surface area contributed by atoms with Crippen LogP contribution in [-0.4, -0.2) is 44.0 Å². The normalized spacial score (nSPS) is 15.0. The molecule has 0 saturated carbocycles. The van der Waals surface area contributed by atoms with Crippen molar-refractivity contribution < 1.29 is 9.18 Å². The van der Waals surface area contributed by atoms with Gasteiger partial charge in [0.1, 0.15) is 5.82 Å². The van der Waals surface area contributed by atoms with Gasteiger partial charge < -0.3 is 15.5 Å². The van der Waals surface area contributed by atoms with Crippen molar-refractivity contribution in [1.29, 1.82) is 0 Å². The van der Waals surface area contributed by atoms with Crippen LogP contribution >= 0.6 is 0 Å². The lowest BCUT2D eigenvalue weighted by atomic mass is 9.93. The first kappa shape index (κ1) is 19.4. The quantitative estimate of drug-likeness (QED) is 0.723. The number of piperazine rings is 1. The number of primary amides is 1. The van der Waals surface area contributed by atoms with Gasteiger partial charge in [-0.2, -0.15) is 0 Å². The molecule has 150 valence electrons. The Balaban J connectivity index is 1.64. The summed E-state index contributed by atoms with van der Waals surface area (Å²) < 4.78 is 14.7. The Morgan fingerprint density at radius 2 is 1.55 bits per heavy atom. The Morgan fingerprint density at radius 1 is 0.931 bits per heavy atom. The van der Waals surface area contributed by atoms with E-state index in [1.807, 2.05) is 6.07 Å². The molecule has 3 aromatic carbocycles. The van der Waals surface area contributed by atoms with Gasteiger partial charge in [0, 0.05) is 37.3 Å². The molecule has 1 aliphatic heterocycles. The average Bonchev–Trinajstić information content (AvgIpc) is 2.73. The summed E-state index contributed by atoms with van der Waals surface area (Å²) in [6.07, 6.45) is 1.28. The summed E-state index contributed by atoms with van der Waals surface area (Å²) in [6.45, 7) is 4.06. The van der Waals surface area contributed by atoms with Gasteiger partial charge in [-0.1, -0.05) is 42.5 Å². The average molecular weight is 391 g/mol. The molecule has 0 bridgehead atoms. The number of fused-ring (bicyclic) bond motifs is 1. The van der Waals surface area contributed by atoms with Gasteiger partial charge in [-0.3, -0.25) is 4.79 Å². The summed E-state index contributed by atoms with van der Waals surface area (Å²) in [5.41, 5.74) is 9.22. The van der Waals surface area contributed by atoms with Crippen LogP contribution in [0.4, 0.5) is 10.1 Å². The zero-order valence-corrected chi connectivity index (χ0v) is 16.7. The van der Waals surface area contributed by atoms with Gasteiger partial charge in [0.25, 0.3) is 0 Å². The number of hydrogen-bond acceptors (Lipinski definition) is 3. The Hall–Kier alpha value is -2.92. The fourth-order valence-electron chi connectivity index (χ4n) is 4.22. The van der Waals surface area contributed by atoms with Crippen molar-refractivity contribution >= 4 is 22.4 Å². The number of benzene rings is 3. The van der Waals surface area contributed by atoms with Crippen LogP contribution in [0.2, 0.25) is 0 Å². The zero-order valence-electron chi connectivity index (χ0n) is 16.7. The van der Waals surface area contributed by atoms with E-state index in [1.165, 1.54) is 17.3 Å². The molecule has 2 N–H and O–H groups in total. The van der Waals surface area contributed by atoms with Crippen LogP contribution in [0, 0.1) is 5.82 Å². The molecule has 0 radical (unpaired) electrons. The van der Waals surface area contributed by atoms with Crippen molar-refractivity contribution in [3.63, 3.8) is 0 Å². The minimum Gasteiger partial charge on any atom is -0.369 e. The molecule has 5 heteroatoms. The summed E-state index contributed by atoms with van der Waals surface area (Å²) in [5, 5.41) is 1.02. The maximum absolute atomic E-state index is 14.7. The standard InChI is InChI=1S/C24H26FN3O/c1-27-12-14-28(15-13-27)22-9-5-2-6-17(22)10-11-18-16-21(25)19-7-3-4-8-20(19)23(18)24(26)29/h2-9,16H,10-15H2,1H3,(H2,26,29). The van der Waals surface area contributed by atoms with E-state index in [-0.39, 0.29) is 5.82 Å². The van der Waals surface area contributed by atoms with E-state index in [9.17, 15) is 9.18 Å². The van der Waals surface area contributed by atoms with Crippen LogP contribution in [0.5, 0.6) is 0 Å². The van der Waals surface area contributed by atoms with Crippen LogP contribution in [0.15, 0.2) is 54.6 Å². The molecule has 4 rings (SSSR count). The monoisotopic (exact) mass is 391 g/mol. The number of likely N-dealkylation sites (N-methyl/N-ethyl adjacent to an activating group) is 1. The largest absolute Gasteiger partial charge is 0.369 e. The smallest absolute Gasteiger partial charge is 0.249 e. The Kier molecular flexibility index (Phi) is 5.49. The molecule has 1 amide bonds. The number of carbonyl (C=O) groups excluding carboxylic acids is 1. The Morgan fingerprint density at radius 3 is 2.28 bits per heavy atom. The van der Waals surface area contributed by atoms with Crippen molar-refractivity contribution in [1.82, 2.24) is 4.90 Å². The third kappa shape index (κ3) is 3.96. The van der Waals surface area contributed by atoms with Crippen LogP contribution in [-0.2, 0) is 12.8 Å². The highest BCUT2D eigenvalue weighted by Gasteiger charge is 2.19. The number of nitrogens with zero attached hydrogens (tertiary/aromatic N) is 2. The van der Waals surface area contributed by atoms with E-state index in [0.29, 0.717) is 28.3 Å². The van der Waals surface area contributed by atoms with E-state index in [4.69, 9.17) is 5.73 Å². The van der Waals surface area contributed by atoms with Crippen LogP contribution < -0.4 is 10.6 Å². The predicted molar refractivity (Wildman–Crippen MR) is 116 cm³/mol. The SMILES string of the molecule is CN1CCN(c2ccccc2CCc2cc(F)c3ccccc3c2C(N)=O)CC1. The first-order chi connectivity index (χ1) is 14.0. The van der Waals surface area contributed by atoms with Gasteiger partial charge in [-0.15, -0.1) is 0 Å². The fraction of sp³-hybridized carbons (Fsp3) is 0.292. The van der Waals surface area contributed by atoms with E-state index in [0.717, 1.165) is 32.6 Å². The van der Waals surface area contributed by atoms with Gasteiger partial charge >= 0.3 is 0 Å². The number of nitrogens with two attached hydrogens (primary N) is 1. The van der Waals surface area contributed by atoms with Crippen molar-refractivity contribution in [2.75, 3.05) is 38.1 Å². The topological polar surface area (TPSA) is 49.6 Å². The minimum absolute atomic E-state index is 0.312. The number of amides is 1. The van der Waals surface area contributed by atoms with Crippen LogP contribution in [0.25, 0.3) is 10.8 Å². The van der Waals surface area contributed by atoms with E-state index >= 15 is 0 Å². The van der Waals surface area contributed by atoms with Gasteiger partial charge in [0.05, 0.1) is 5.56 Å². The van der Waals surface area contributed by atoms with Crippen molar-refractivity contribution in [3.8, 4) is 0 Å². The molecule has 0 atom stereocenters. The first-order valence-electron chi connectivity index (χ1n) is 10.1. The van der Waals surface area contributed by atoms with Crippen molar-refractivity contribution in [2.45, 2.75) is 12.8 Å². The van der Waals surface area contributed by atoms with Crippen LogP contribution in [0.3, 0.4) is 0 Å². The summed E-state index contributed by atoms with van der Waals surface area (Å²) in [4.78, 5) is 16.9. The van der Waals surface area contributed by atoms with Gasteiger partial charge in [-0.25, -0.2) is 4.39 Å². The van der Waals surface area contributed by atoms with E-state index in [2.05, 4.69) is 35.0 Å². The van der Waals surface area contributed by atoms with Crippen molar-refractivity contribution in [2.24, 2.45) is 5.73 Å². The molecule has 29 heavy (non-hydrogen) atoms. The molecule has 3 aromatic rings. The highest BCUT2D eigenvalue weighted by atomic mass is 19.1. The third-order valence-corrected chi connectivity index (χ3v) is 5.82. The van der Waals surface area contributed by atoms with Gasteiger partial charge in [0.15, 0.2) is 0 Å². The zero-order chi connectivity index (χ0) is 20.4. The molecule has 0 spiro atoms. The number of halogens is 1. The lowest BCUT2D eigenvalue weighted by molar-refractivity contribution is 0.100. The number of para-hydroxylation sites is 1. The summed E-state index contributed by atoms with van der Waals surface area (Å²) in [5.74, 6) is -0.823. The number of rotatable bonds is 5. The van der Waals surface area contributed by atoms with Gasteiger partial charge in [0.2, 0.25) is 5.91 Å². The van der Waals surface area contributed by atoms with E-state index in [1.54, 1.807) is 24.3 Å². The molecule has 1 saturated heterocycles. The van der Waals surface area contributed by atoms with Gasteiger partial charge in [-0.05, 0) is 48.5 Å². The first-order valence-corrected chi connectivity index (χ1v) is 10.1. The maximum Gasteiger partial charge on any atom is 0.249 e. The summed E-state index contributed by atoms with van der Waals surface area (Å²) in [7, 11) is 2.14. The second-order valence-corrected chi connectivity index (χ2v) is 7.72. The van der Waals surface area contributed by atoms with Crippen molar-refractivity contribution in [3.05, 3.63) is 77.1 Å². The molecule has 1 heterocycles. The number of aryl methyl sites for hydroxylation is 2. The molecular weight excluding hydrogens is 365 g/mol. The molecule has 4 nitrogen and oxygen atoms in total. The number of anilines is 1. The third-order valence-electron chi connectivity index (χ3n) is 5.82. The lowest BCUT2D eigenvalue weighted by Crippen LogP contribution is -2.44. The summed E-state index contributed by atoms with van der Waals surface area (Å²) >= 11 is 0. The maximum atomic E-state index is 14.7. The second kappa shape index (κ2) is 8.21. The predicted octanol–water partition coefficient (Wildman–Crippen LogP) is 3.61. The number of hydrogen-bond donors (Lipinski definition) is 1. The highest BCUT2D eigenvalue weighted by Crippen LogP contribution is 2.28. The Bertz CT molecular complexity index is 1040. The summed E-state index contributed by atoms with van der Waals surface area (Å²) in [6, 6.07) is 16.9. The lowest BCUT2D eigenvalue weighted by Gasteiger charge is -2.35. The molecule has 1 fully saturated rings. The molecule has 0 aromatic heterocycles. The molecule has 0 aliphatic carbocycles. The molecule has 0 unspecified atom stereocenters. The highest BCUT2D eigenvalue weighted by molar-refractivity contribution is 6.07. The second-order valence-electron chi connectivity index (χ2n) is 7.72. The molecular formula is C24H26FN3O. The van der Waals surface area contributed by atoms with Crippen LogP contribution in [0.1, 0.15) is 21.5 Å². The fourth-order valence-corrected chi connectivity index (χ4v) is 4.22.